The van der Waals surface area contributed by atoms with Gasteiger partial charge in [-0.05, 0) is 71.3 Å². The lowest BCUT2D eigenvalue weighted by Crippen LogP contribution is -2.28. The highest BCUT2D eigenvalue weighted by Crippen LogP contribution is 2.34. The van der Waals surface area contributed by atoms with Crippen molar-refractivity contribution in [2.75, 3.05) is 13.7 Å². The van der Waals surface area contributed by atoms with Gasteiger partial charge in [0.25, 0.3) is 5.91 Å². The van der Waals surface area contributed by atoms with Crippen molar-refractivity contribution in [2.24, 2.45) is 16.1 Å². The normalized spacial score (nSPS) is 16.2. The van der Waals surface area contributed by atoms with Crippen molar-refractivity contribution in [1.82, 2.24) is 9.88 Å². The third-order valence-corrected chi connectivity index (χ3v) is 5.87. The summed E-state index contributed by atoms with van der Waals surface area (Å²) in [5.41, 5.74) is 1.62. The van der Waals surface area contributed by atoms with Crippen LogP contribution in [-0.2, 0) is 11.3 Å². The number of amides is 1. The first-order valence-electron chi connectivity index (χ1n) is 11.1. The van der Waals surface area contributed by atoms with Crippen LogP contribution in [0.4, 0.5) is 0 Å². The van der Waals surface area contributed by atoms with Crippen LogP contribution in [0.3, 0.4) is 0 Å². The molecule has 1 saturated heterocycles. The molecule has 180 valence electrons. The number of amidine groups is 1. The molecule has 0 aliphatic carbocycles. The van der Waals surface area contributed by atoms with E-state index in [2.05, 4.69) is 29.0 Å². The van der Waals surface area contributed by atoms with Gasteiger partial charge in [-0.2, -0.15) is 5.10 Å². The van der Waals surface area contributed by atoms with Crippen LogP contribution in [-0.4, -0.2) is 40.9 Å². The summed E-state index contributed by atoms with van der Waals surface area (Å²) in [6.07, 6.45) is 8.37. The van der Waals surface area contributed by atoms with Crippen LogP contribution in [0.1, 0.15) is 30.7 Å². The van der Waals surface area contributed by atoms with Crippen LogP contribution >= 0.6 is 11.8 Å². The molecule has 1 aliphatic heterocycles. The summed E-state index contributed by atoms with van der Waals surface area (Å²) < 4.78 is 16.7. The van der Waals surface area contributed by atoms with Crippen molar-refractivity contribution in [2.45, 2.75) is 20.4 Å². The molecule has 0 atom stereocenters. The summed E-state index contributed by atoms with van der Waals surface area (Å²) in [6, 6.07) is 12.9. The fourth-order valence-corrected chi connectivity index (χ4v) is 4.11. The Morgan fingerprint density at radius 2 is 2.06 bits per heavy atom. The molecule has 8 nitrogen and oxygen atoms in total. The molecule has 1 aliphatic rings. The van der Waals surface area contributed by atoms with E-state index >= 15 is 0 Å². The number of methoxy groups -OCH3 is 1. The Labute approximate surface area is 208 Å². The van der Waals surface area contributed by atoms with Gasteiger partial charge in [0.05, 0.1) is 37.6 Å². The molecule has 4 rings (SSSR count). The number of aromatic nitrogens is 1. The SMILES string of the molecule is COc1cc(/C=N/N=C2\S/C(=C\c3cccnc3)C(=O)N2Cc2ccco2)ccc1OCC(C)C. The van der Waals surface area contributed by atoms with E-state index in [9.17, 15) is 4.79 Å². The molecule has 2 aromatic heterocycles. The Kier molecular flexibility index (Phi) is 7.99. The maximum atomic E-state index is 13.1. The molecule has 0 radical (unpaired) electrons. The minimum Gasteiger partial charge on any atom is -0.493 e. The van der Waals surface area contributed by atoms with Crippen LogP contribution in [0.15, 0.2) is 80.6 Å². The van der Waals surface area contributed by atoms with Gasteiger partial charge in [-0.1, -0.05) is 19.9 Å². The number of hydrogen-bond acceptors (Lipinski definition) is 8. The number of nitrogens with zero attached hydrogens (tertiary/aromatic N) is 4. The molecule has 0 unspecified atom stereocenters. The first-order valence-corrected chi connectivity index (χ1v) is 11.9. The molecule has 3 aromatic rings. The summed E-state index contributed by atoms with van der Waals surface area (Å²) >= 11 is 1.26. The standard InChI is InChI=1S/C26H26N4O4S/c1-18(2)17-34-22-9-8-20(12-23(22)32-3)15-28-29-26-30(16-21-7-5-11-33-21)25(31)24(35-26)13-19-6-4-10-27-14-19/h4-15,18H,16-17H2,1-3H3/b24-13-,28-15+,29-26-. The Bertz CT molecular complexity index is 1240. The Balaban J connectivity index is 1.56. The molecule has 0 spiro atoms. The average molecular weight is 491 g/mol. The fourth-order valence-electron chi connectivity index (χ4n) is 3.18. The van der Waals surface area contributed by atoms with E-state index in [1.54, 1.807) is 49.0 Å². The first-order chi connectivity index (χ1) is 17.0. The topological polar surface area (TPSA) is 89.5 Å². The Morgan fingerprint density at radius 1 is 1.17 bits per heavy atom. The lowest BCUT2D eigenvalue weighted by molar-refractivity contribution is -0.122. The predicted octanol–water partition coefficient (Wildman–Crippen LogP) is 5.22. The van der Waals surface area contributed by atoms with E-state index in [-0.39, 0.29) is 12.5 Å². The highest BCUT2D eigenvalue weighted by Gasteiger charge is 2.34. The zero-order valence-corrected chi connectivity index (χ0v) is 20.6. The Morgan fingerprint density at radius 3 is 2.77 bits per heavy atom. The number of benzene rings is 1. The van der Waals surface area contributed by atoms with Crippen molar-refractivity contribution in [1.29, 1.82) is 0 Å². The summed E-state index contributed by atoms with van der Waals surface area (Å²) in [4.78, 5) is 19.3. The molecule has 9 heteroatoms. The molecule has 1 amide bonds. The van der Waals surface area contributed by atoms with Crippen molar-refractivity contribution >= 4 is 35.1 Å². The number of rotatable bonds is 9. The number of hydrogen-bond donors (Lipinski definition) is 0. The van der Waals surface area contributed by atoms with Crippen molar-refractivity contribution < 1.29 is 18.7 Å². The zero-order valence-electron chi connectivity index (χ0n) is 19.7. The molecule has 1 aromatic carbocycles. The van der Waals surface area contributed by atoms with Gasteiger partial charge in [0, 0.05) is 12.4 Å². The van der Waals surface area contributed by atoms with Crippen molar-refractivity contribution in [3.8, 4) is 11.5 Å². The quantitative estimate of drug-likeness (QED) is 0.232. The number of thioether (sulfide) groups is 1. The predicted molar refractivity (Wildman–Crippen MR) is 137 cm³/mol. The van der Waals surface area contributed by atoms with Gasteiger partial charge < -0.3 is 13.9 Å². The lowest BCUT2D eigenvalue weighted by atomic mass is 10.2. The minimum absolute atomic E-state index is 0.169. The van der Waals surface area contributed by atoms with Crippen molar-refractivity contribution in [3.05, 3.63) is 82.9 Å². The van der Waals surface area contributed by atoms with Gasteiger partial charge in [-0.25, -0.2) is 0 Å². The van der Waals surface area contributed by atoms with E-state index in [1.165, 1.54) is 11.8 Å². The zero-order chi connectivity index (χ0) is 24.6. The molecule has 0 N–H and O–H groups in total. The second-order valence-corrected chi connectivity index (χ2v) is 9.12. The summed E-state index contributed by atoms with van der Waals surface area (Å²) in [5, 5.41) is 9.04. The van der Waals surface area contributed by atoms with E-state index in [0.717, 1.165) is 11.1 Å². The molecule has 3 heterocycles. The highest BCUT2D eigenvalue weighted by atomic mass is 32.2. The van der Waals surface area contributed by atoms with E-state index in [1.807, 2.05) is 36.4 Å². The van der Waals surface area contributed by atoms with E-state index in [4.69, 9.17) is 13.9 Å². The third kappa shape index (κ3) is 6.39. The summed E-state index contributed by atoms with van der Waals surface area (Å²) in [5.74, 6) is 2.19. The van der Waals surface area contributed by atoms with E-state index < -0.39 is 0 Å². The summed E-state index contributed by atoms with van der Waals surface area (Å²) in [7, 11) is 1.60. The highest BCUT2D eigenvalue weighted by molar-refractivity contribution is 8.18. The number of furan rings is 1. The van der Waals surface area contributed by atoms with Gasteiger partial charge in [0.15, 0.2) is 16.7 Å². The number of carbonyl (C=O) groups excluding carboxylic acids is 1. The minimum atomic E-state index is -0.169. The van der Waals surface area contributed by atoms with Gasteiger partial charge in [0.1, 0.15) is 5.76 Å². The van der Waals surface area contributed by atoms with Crippen LogP contribution in [0.25, 0.3) is 6.08 Å². The molecule has 0 bridgehead atoms. The second kappa shape index (κ2) is 11.5. The number of pyridine rings is 1. The Hall–Kier alpha value is -3.85. The van der Waals surface area contributed by atoms with Gasteiger partial charge in [-0.3, -0.25) is 14.7 Å². The maximum absolute atomic E-state index is 13.1. The number of carbonyl (C=O) groups is 1. The summed E-state index contributed by atoms with van der Waals surface area (Å²) in [6.45, 7) is 5.03. The smallest absolute Gasteiger partial charge is 0.267 e. The molecule has 1 fully saturated rings. The first kappa shape index (κ1) is 24.3. The fraction of sp³-hybridized carbons (Fsp3) is 0.231. The largest absolute Gasteiger partial charge is 0.493 e. The third-order valence-electron chi connectivity index (χ3n) is 4.87. The molecular formula is C26H26N4O4S. The van der Waals surface area contributed by atoms with Crippen LogP contribution in [0.5, 0.6) is 11.5 Å². The average Bonchev–Trinajstić information content (AvgIpc) is 3.48. The van der Waals surface area contributed by atoms with E-state index in [0.29, 0.717) is 39.9 Å². The van der Waals surface area contributed by atoms with Gasteiger partial charge in [-0.15, -0.1) is 5.10 Å². The van der Waals surface area contributed by atoms with Crippen LogP contribution in [0.2, 0.25) is 0 Å². The molecule has 35 heavy (non-hydrogen) atoms. The lowest BCUT2D eigenvalue weighted by Gasteiger charge is -2.13. The number of ether oxygens (including phenoxy) is 2. The monoisotopic (exact) mass is 490 g/mol. The van der Waals surface area contributed by atoms with Crippen LogP contribution < -0.4 is 9.47 Å². The van der Waals surface area contributed by atoms with Crippen molar-refractivity contribution in [3.63, 3.8) is 0 Å². The van der Waals surface area contributed by atoms with Crippen LogP contribution in [0, 0.1) is 5.92 Å². The molecule has 0 saturated carbocycles. The van der Waals surface area contributed by atoms with Gasteiger partial charge >= 0.3 is 0 Å². The molecular weight excluding hydrogens is 464 g/mol. The maximum Gasteiger partial charge on any atom is 0.267 e. The second-order valence-electron chi connectivity index (χ2n) is 8.11. The van der Waals surface area contributed by atoms with Gasteiger partial charge in [0.2, 0.25) is 0 Å².